The second-order valence-electron chi connectivity index (χ2n) is 3.51. The highest BCUT2D eigenvalue weighted by Crippen LogP contribution is 2.21. The van der Waals surface area contributed by atoms with Gasteiger partial charge in [0.15, 0.2) is 0 Å². The van der Waals surface area contributed by atoms with Crippen LogP contribution in [0.1, 0.15) is 16.8 Å². The van der Waals surface area contributed by atoms with E-state index in [1.807, 2.05) is 0 Å². The van der Waals surface area contributed by atoms with Crippen molar-refractivity contribution in [3.63, 3.8) is 0 Å². The highest BCUT2D eigenvalue weighted by Gasteiger charge is 2.02. The van der Waals surface area contributed by atoms with Crippen molar-refractivity contribution in [3.8, 4) is 0 Å². The molecule has 15 heavy (non-hydrogen) atoms. The van der Waals surface area contributed by atoms with E-state index in [0.717, 1.165) is 0 Å². The first-order valence-electron chi connectivity index (χ1n) is 4.65. The molecule has 3 heteroatoms. The summed E-state index contributed by atoms with van der Waals surface area (Å²) in [6, 6.07) is 6.53. The fourth-order valence-electron chi connectivity index (χ4n) is 1.59. The van der Waals surface area contributed by atoms with Crippen molar-refractivity contribution in [2.45, 2.75) is 20.8 Å². The summed E-state index contributed by atoms with van der Waals surface area (Å²) in [7, 11) is 0. The third-order valence-electron chi connectivity index (χ3n) is 2.46. The van der Waals surface area contributed by atoms with E-state index in [2.05, 4.69) is 44.0 Å². The second kappa shape index (κ2) is 4.58. The first kappa shape index (κ1) is 11.2. The topological polar surface area (TPSA) is 49.9 Å². The van der Waals surface area contributed by atoms with E-state index in [1.165, 1.54) is 27.7 Å². The van der Waals surface area contributed by atoms with E-state index in [4.69, 9.17) is 9.59 Å². The Morgan fingerprint density at radius 1 is 1.13 bits per heavy atom. The Hall–Kier alpha value is -1.86. The lowest BCUT2D eigenvalue weighted by atomic mass is 10.1. The maximum atomic E-state index is 8.12. The molecule has 2 aromatic rings. The molecule has 0 radical (unpaired) electrons. The van der Waals surface area contributed by atoms with Gasteiger partial charge in [0.05, 0.1) is 0 Å². The summed E-state index contributed by atoms with van der Waals surface area (Å²) in [6.45, 7) is 6.39. The zero-order valence-electron chi connectivity index (χ0n) is 9.05. The molecule has 0 aliphatic rings. The molecule has 0 aliphatic carbocycles. The van der Waals surface area contributed by atoms with Crippen LogP contribution in [0.4, 0.5) is 0 Å². The van der Waals surface area contributed by atoms with Gasteiger partial charge in [-0.05, 0) is 38.0 Å². The predicted octanol–water partition coefficient (Wildman–Crippen LogP) is 2.51. The van der Waals surface area contributed by atoms with Crippen LogP contribution in [0.15, 0.2) is 18.2 Å². The number of hydrogen-bond acceptors (Lipinski definition) is 2. The summed E-state index contributed by atoms with van der Waals surface area (Å²) >= 11 is 0. The van der Waals surface area contributed by atoms with Crippen molar-refractivity contribution < 1.29 is 9.59 Å². The van der Waals surface area contributed by atoms with Gasteiger partial charge in [0.1, 0.15) is 0 Å². The quantitative estimate of drug-likeness (QED) is 0.715. The smallest absolute Gasteiger partial charge is 0.358 e. The molecule has 0 saturated carbocycles. The van der Waals surface area contributed by atoms with Crippen molar-refractivity contribution in [2.24, 2.45) is 0 Å². The number of carbonyl (C=O) groups excluding carboxylic acids is 2. The summed E-state index contributed by atoms with van der Waals surface area (Å²) in [5.74, 6) is 0. The van der Waals surface area contributed by atoms with Gasteiger partial charge in [0.2, 0.25) is 0 Å². The molecular weight excluding hydrogens is 190 g/mol. The van der Waals surface area contributed by atoms with Crippen molar-refractivity contribution in [3.05, 3.63) is 35.0 Å². The summed E-state index contributed by atoms with van der Waals surface area (Å²) < 4.78 is 0. The summed E-state index contributed by atoms with van der Waals surface area (Å²) in [6.07, 6.45) is 0.250. The van der Waals surface area contributed by atoms with Gasteiger partial charge in [-0.15, -0.1) is 0 Å². The van der Waals surface area contributed by atoms with Crippen LogP contribution in [-0.4, -0.2) is 11.1 Å². The van der Waals surface area contributed by atoms with Gasteiger partial charge in [-0.2, -0.15) is 9.59 Å². The van der Waals surface area contributed by atoms with Gasteiger partial charge in [-0.25, -0.2) is 0 Å². The SMILES string of the molecule is Cc1ccc2c(C)c(C)[nH]c2c1.O=C=O. The Balaban J connectivity index is 0.000000337. The average Bonchev–Trinajstić information content (AvgIpc) is 2.43. The molecule has 3 nitrogen and oxygen atoms in total. The van der Waals surface area contributed by atoms with Crippen LogP contribution in [0.2, 0.25) is 0 Å². The molecule has 1 aromatic carbocycles. The largest absolute Gasteiger partial charge is 0.373 e. The lowest BCUT2D eigenvalue weighted by Gasteiger charge is -1.92. The van der Waals surface area contributed by atoms with Crippen LogP contribution in [0.25, 0.3) is 10.9 Å². The molecule has 1 aromatic heterocycles. The van der Waals surface area contributed by atoms with E-state index in [9.17, 15) is 0 Å². The monoisotopic (exact) mass is 203 g/mol. The molecule has 1 heterocycles. The van der Waals surface area contributed by atoms with Gasteiger partial charge in [-0.1, -0.05) is 12.1 Å². The standard InChI is InChI=1S/C11H13N.CO2/c1-7-4-5-10-8(2)9(3)12-11(10)6-7;2-1-3/h4-6,12H,1-3H3;. The van der Waals surface area contributed by atoms with E-state index in [-0.39, 0.29) is 6.15 Å². The number of fused-ring (bicyclic) bond motifs is 1. The number of aromatic nitrogens is 1. The van der Waals surface area contributed by atoms with E-state index >= 15 is 0 Å². The van der Waals surface area contributed by atoms with Gasteiger partial charge >= 0.3 is 6.15 Å². The van der Waals surface area contributed by atoms with Gasteiger partial charge in [-0.3, -0.25) is 0 Å². The van der Waals surface area contributed by atoms with Gasteiger partial charge in [0, 0.05) is 16.6 Å². The minimum absolute atomic E-state index is 0.250. The Morgan fingerprint density at radius 3 is 2.33 bits per heavy atom. The molecular formula is C12H13NO2. The third kappa shape index (κ3) is 2.33. The molecule has 0 aliphatic heterocycles. The number of aromatic amines is 1. The number of benzene rings is 1. The van der Waals surface area contributed by atoms with E-state index in [0.29, 0.717) is 0 Å². The molecule has 2 rings (SSSR count). The van der Waals surface area contributed by atoms with Crippen LogP contribution in [0.3, 0.4) is 0 Å². The lowest BCUT2D eigenvalue weighted by Crippen LogP contribution is -1.72. The van der Waals surface area contributed by atoms with Crippen LogP contribution >= 0.6 is 0 Å². The molecule has 0 atom stereocenters. The van der Waals surface area contributed by atoms with Gasteiger partial charge in [0.25, 0.3) is 0 Å². The number of aryl methyl sites for hydroxylation is 3. The van der Waals surface area contributed by atoms with Crippen molar-refractivity contribution >= 4 is 17.1 Å². The number of hydrogen-bond donors (Lipinski definition) is 1. The fraction of sp³-hybridized carbons (Fsp3) is 0.250. The first-order valence-corrected chi connectivity index (χ1v) is 4.65. The number of nitrogens with one attached hydrogen (secondary N) is 1. The Bertz CT molecular complexity index is 506. The summed E-state index contributed by atoms with van der Waals surface area (Å²) in [5, 5.41) is 1.35. The normalized spacial score (nSPS) is 9.27. The van der Waals surface area contributed by atoms with E-state index < -0.39 is 0 Å². The molecule has 78 valence electrons. The summed E-state index contributed by atoms with van der Waals surface area (Å²) in [5.41, 5.74) is 5.20. The molecule has 0 unspecified atom stereocenters. The Morgan fingerprint density at radius 2 is 1.73 bits per heavy atom. The van der Waals surface area contributed by atoms with Crippen molar-refractivity contribution in [1.29, 1.82) is 0 Å². The van der Waals surface area contributed by atoms with Crippen molar-refractivity contribution in [2.75, 3.05) is 0 Å². The molecule has 0 amide bonds. The van der Waals surface area contributed by atoms with Crippen molar-refractivity contribution in [1.82, 2.24) is 4.98 Å². The van der Waals surface area contributed by atoms with E-state index in [1.54, 1.807) is 0 Å². The Labute approximate surface area is 88.1 Å². The highest BCUT2D eigenvalue weighted by atomic mass is 16.2. The molecule has 0 saturated heterocycles. The van der Waals surface area contributed by atoms with Crippen LogP contribution < -0.4 is 0 Å². The summed E-state index contributed by atoms with van der Waals surface area (Å²) in [4.78, 5) is 19.6. The molecule has 0 fully saturated rings. The van der Waals surface area contributed by atoms with Crippen LogP contribution in [0, 0.1) is 20.8 Å². The molecule has 0 bridgehead atoms. The Kier molecular flexibility index (Phi) is 3.42. The first-order chi connectivity index (χ1) is 7.10. The van der Waals surface area contributed by atoms with Crippen LogP contribution in [0.5, 0.6) is 0 Å². The highest BCUT2D eigenvalue weighted by molar-refractivity contribution is 5.84. The number of H-pyrrole nitrogens is 1. The fourth-order valence-corrected chi connectivity index (χ4v) is 1.59. The lowest BCUT2D eigenvalue weighted by molar-refractivity contribution is -0.191. The minimum Gasteiger partial charge on any atom is -0.358 e. The maximum absolute atomic E-state index is 8.12. The molecule has 1 N–H and O–H groups in total. The minimum atomic E-state index is 0.250. The average molecular weight is 203 g/mol. The predicted molar refractivity (Wildman–Crippen MR) is 57.5 cm³/mol. The third-order valence-corrected chi connectivity index (χ3v) is 2.46. The maximum Gasteiger partial charge on any atom is 0.373 e. The second-order valence-corrected chi connectivity index (χ2v) is 3.51. The zero-order chi connectivity index (χ0) is 11.4. The van der Waals surface area contributed by atoms with Gasteiger partial charge < -0.3 is 4.98 Å². The van der Waals surface area contributed by atoms with Crippen LogP contribution in [-0.2, 0) is 9.59 Å². The number of rotatable bonds is 0. The molecule has 0 spiro atoms. The zero-order valence-corrected chi connectivity index (χ0v) is 9.05.